The van der Waals surface area contributed by atoms with Crippen LogP contribution in [0.4, 0.5) is 0 Å². The molecule has 0 aliphatic rings. The van der Waals surface area contributed by atoms with Gasteiger partial charge in [-0.1, -0.05) is 18.2 Å². The van der Waals surface area contributed by atoms with E-state index >= 15 is 0 Å². The molecule has 0 amide bonds. The van der Waals surface area contributed by atoms with Crippen molar-refractivity contribution in [1.29, 1.82) is 5.26 Å². The van der Waals surface area contributed by atoms with Crippen LogP contribution in [0.1, 0.15) is 31.9 Å². The van der Waals surface area contributed by atoms with Gasteiger partial charge in [0.15, 0.2) is 5.92 Å². The minimum Gasteiger partial charge on any atom is -0.481 e. The van der Waals surface area contributed by atoms with Crippen LogP contribution < -0.4 is 5.73 Å². The summed E-state index contributed by atoms with van der Waals surface area (Å²) < 4.78 is 5.11. The Kier molecular flexibility index (Phi) is 5.66. The Bertz CT molecular complexity index is 599. The van der Waals surface area contributed by atoms with E-state index in [2.05, 4.69) is 0 Å². The van der Waals surface area contributed by atoms with Crippen molar-refractivity contribution in [1.82, 2.24) is 0 Å². The van der Waals surface area contributed by atoms with Crippen LogP contribution in [0.2, 0.25) is 0 Å². The molecule has 0 heterocycles. The molecule has 1 aromatic carbocycles. The van der Waals surface area contributed by atoms with Gasteiger partial charge in [0.05, 0.1) is 11.6 Å². The van der Waals surface area contributed by atoms with Crippen molar-refractivity contribution in [3.8, 4) is 6.07 Å². The molecule has 3 N–H and O–H groups in total. The number of ether oxygens (including phenoxy) is 1. The van der Waals surface area contributed by atoms with Crippen LogP contribution in [0, 0.1) is 17.2 Å². The van der Waals surface area contributed by atoms with Crippen molar-refractivity contribution in [3.63, 3.8) is 0 Å². The first-order valence-corrected chi connectivity index (χ1v) is 6.85. The molecule has 0 radical (unpaired) electrons. The summed E-state index contributed by atoms with van der Waals surface area (Å²) in [4.78, 5) is 23.4. The molecule has 22 heavy (non-hydrogen) atoms. The Morgan fingerprint density at radius 2 is 1.95 bits per heavy atom. The summed E-state index contributed by atoms with van der Waals surface area (Å²) in [6.07, 6.45) is 0.0972. The van der Waals surface area contributed by atoms with E-state index in [9.17, 15) is 14.7 Å². The van der Waals surface area contributed by atoms with Gasteiger partial charge in [-0.15, -0.1) is 0 Å². The molecule has 0 aliphatic heterocycles. The van der Waals surface area contributed by atoms with E-state index in [0.29, 0.717) is 11.1 Å². The van der Waals surface area contributed by atoms with Gasteiger partial charge < -0.3 is 15.6 Å². The molecule has 0 aliphatic carbocycles. The summed E-state index contributed by atoms with van der Waals surface area (Å²) in [5, 5.41) is 18.3. The summed E-state index contributed by atoms with van der Waals surface area (Å²) in [6.45, 7) is 4.96. The number of hydrogen-bond acceptors (Lipinski definition) is 5. The first-order valence-electron chi connectivity index (χ1n) is 6.85. The maximum atomic E-state index is 12.0. The smallest absolute Gasteiger partial charge is 0.322 e. The third kappa shape index (κ3) is 4.86. The Hall–Kier alpha value is -2.39. The molecule has 1 aromatic rings. The van der Waals surface area contributed by atoms with Crippen molar-refractivity contribution in [2.75, 3.05) is 0 Å². The number of rotatable bonds is 5. The number of nitriles is 1. The highest BCUT2D eigenvalue weighted by atomic mass is 16.6. The maximum Gasteiger partial charge on any atom is 0.322 e. The number of aliphatic carboxylic acids is 1. The fourth-order valence-corrected chi connectivity index (χ4v) is 2.00. The number of nitrogens with zero attached hydrogens (tertiary/aromatic N) is 1. The highest BCUT2D eigenvalue weighted by molar-refractivity contribution is 5.95. The summed E-state index contributed by atoms with van der Waals surface area (Å²) in [6, 6.07) is 7.77. The molecule has 1 rings (SSSR count). The van der Waals surface area contributed by atoms with Crippen LogP contribution in [0.25, 0.3) is 0 Å². The normalized spacial score (nSPS) is 13.8. The van der Waals surface area contributed by atoms with E-state index < -0.39 is 29.5 Å². The molecule has 0 aromatic heterocycles. The molecule has 0 fully saturated rings. The van der Waals surface area contributed by atoms with Crippen molar-refractivity contribution in [2.24, 2.45) is 11.7 Å². The molecule has 0 bridgehead atoms. The molecule has 0 spiro atoms. The van der Waals surface area contributed by atoms with E-state index in [-0.39, 0.29) is 6.42 Å². The lowest BCUT2D eigenvalue weighted by Gasteiger charge is -2.25. The molecule has 0 saturated carbocycles. The number of nitrogens with two attached hydrogens (primary N) is 1. The Morgan fingerprint density at radius 3 is 2.45 bits per heavy atom. The minimum absolute atomic E-state index is 0.0972. The number of hydrogen-bond donors (Lipinski definition) is 2. The van der Waals surface area contributed by atoms with Crippen molar-refractivity contribution in [2.45, 2.75) is 38.8 Å². The van der Waals surface area contributed by atoms with Gasteiger partial charge in [0.1, 0.15) is 5.60 Å². The van der Waals surface area contributed by atoms with E-state index in [1.54, 1.807) is 45.0 Å². The lowest BCUT2D eigenvalue weighted by Crippen LogP contribution is -2.45. The molecule has 118 valence electrons. The van der Waals surface area contributed by atoms with Gasteiger partial charge in [0.2, 0.25) is 0 Å². The van der Waals surface area contributed by atoms with Gasteiger partial charge in [0, 0.05) is 6.04 Å². The first-order chi connectivity index (χ1) is 10.2. The second-order valence-electron chi connectivity index (χ2n) is 5.99. The zero-order chi connectivity index (χ0) is 16.9. The predicted molar refractivity (Wildman–Crippen MR) is 79.8 cm³/mol. The number of carboxylic acid groups (broad SMARTS) is 1. The van der Waals surface area contributed by atoms with Crippen molar-refractivity contribution >= 4 is 11.9 Å². The van der Waals surface area contributed by atoms with Crippen LogP contribution in [-0.2, 0) is 20.7 Å². The zero-order valence-corrected chi connectivity index (χ0v) is 12.9. The predicted octanol–water partition coefficient (Wildman–Crippen LogP) is 1.47. The quantitative estimate of drug-likeness (QED) is 0.629. The van der Waals surface area contributed by atoms with Gasteiger partial charge in [0.25, 0.3) is 0 Å². The molecule has 6 nitrogen and oxygen atoms in total. The van der Waals surface area contributed by atoms with E-state index in [0.717, 1.165) is 0 Å². The van der Waals surface area contributed by atoms with Crippen LogP contribution in [0.15, 0.2) is 24.3 Å². The number of carbonyl (C=O) groups excluding carboxylic acids is 1. The second kappa shape index (κ2) is 7.05. The maximum absolute atomic E-state index is 12.0. The average Bonchev–Trinajstić information content (AvgIpc) is 2.36. The molecule has 0 unspecified atom stereocenters. The summed E-state index contributed by atoms with van der Waals surface area (Å²) in [5.41, 5.74) is 6.12. The number of esters is 1. The molecule has 2 atom stereocenters. The van der Waals surface area contributed by atoms with E-state index in [1.807, 2.05) is 6.07 Å². The zero-order valence-electron chi connectivity index (χ0n) is 12.9. The van der Waals surface area contributed by atoms with E-state index in [1.165, 1.54) is 0 Å². The summed E-state index contributed by atoms with van der Waals surface area (Å²) >= 11 is 0. The Morgan fingerprint density at radius 1 is 1.36 bits per heavy atom. The minimum atomic E-state index is -1.48. The van der Waals surface area contributed by atoms with Crippen LogP contribution in [-0.4, -0.2) is 28.7 Å². The number of carboxylic acids is 1. The monoisotopic (exact) mass is 304 g/mol. The second-order valence-corrected chi connectivity index (χ2v) is 5.99. The topological polar surface area (TPSA) is 113 Å². The van der Waals surface area contributed by atoms with Crippen molar-refractivity contribution in [3.05, 3.63) is 35.4 Å². The Balaban J connectivity index is 2.95. The Labute approximate surface area is 129 Å². The van der Waals surface area contributed by atoms with Gasteiger partial charge in [-0.25, -0.2) is 0 Å². The standard InChI is InChI=1S/C16H20N2O4/c1-16(2,3)22-15(21)13(14(19)20)12(18)8-10-6-4-5-7-11(10)9-17/h4-7,12-13H,8,18H2,1-3H3,(H,19,20)/t12-,13-/m1/s1. The fourth-order valence-electron chi connectivity index (χ4n) is 2.00. The van der Waals surface area contributed by atoms with Gasteiger partial charge in [-0.3, -0.25) is 9.59 Å². The van der Waals surface area contributed by atoms with Crippen LogP contribution in [0.5, 0.6) is 0 Å². The largest absolute Gasteiger partial charge is 0.481 e. The highest BCUT2D eigenvalue weighted by Crippen LogP contribution is 2.18. The van der Waals surface area contributed by atoms with Gasteiger partial charge in [-0.05, 0) is 38.8 Å². The molecule has 0 saturated heterocycles. The third-order valence-electron chi connectivity index (χ3n) is 2.95. The van der Waals surface area contributed by atoms with Crippen LogP contribution in [0.3, 0.4) is 0 Å². The molecular weight excluding hydrogens is 284 g/mol. The summed E-state index contributed by atoms with van der Waals surface area (Å²) in [5.74, 6) is -3.69. The average molecular weight is 304 g/mol. The lowest BCUT2D eigenvalue weighted by atomic mass is 9.92. The lowest BCUT2D eigenvalue weighted by molar-refractivity contribution is -0.167. The number of benzene rings is 1. The van der Waals surface area contributed by atoms with Gasteiger partial charge in [-0.2, -0.15) is 5.26 Å². The number of carbonyl (C=O) groups is 2. The first kappa shape index (κ1) is 17.7. The van der Waals surface area contributed by atoms with Crippen LogP contribution >= 0.6 is 0 Å². The van der Waals surface area contributed by atoms with Crippen molar-refractivity contribution < 1.29 is 19.4 Å². The third-order valence-corrected chi connectivity index (χ3v) is 2.95. The van der Waals surface area contributed by atoms with Gasteiger partial charge >= 0.3 is 11.9 Å². The summed E-state index contributed by atoms with van der Waals surface area (Å²) in [7, 11) is 0. The SMILES string of the molecule is CC(C)(C)OC(=O)[C@@H](C(=O)O)[C@H](N)Cc1ccccc1C#N. The molecule has 6 heteroatoms. The highest BCUT2D eigenvalue weighted by Gasteiger charge is 2.36. The molecular formula is C16H20N2O4. The fraction of sp³-hybridized carbons (Fsp3) is 0.438. The van der Waals surface area contributed by atoms with E-state index in [4.69, 9.17) is 15.7 Å².